The third-order valence-corrected chi connectivity index (χ3v) is 2.63. The Hall–Kier alpha value is -1.04. The molecule has 90 valence electrons. The lowest BCUT2D eigenvalue weighted by Gasteiger charge is -2.12. The minimum Gasteiger partial charge on any atom is -0.312 e. The largest absolute Gasteiger partial charge is 0.435 e. The van der Waals surface area contributed by atoms with E-state index in [4.69, 9.17) is 0 Å². The Bertz CT molecular complexity index is 354. The Morgan fingerprint density at radius 1 is 1.56 bits per heavy atom. The van der Waals surface area contributed by atoms with Crippen molar-refractivity contribution in [1.82, 2.24) is 15.1 Å². The molecule has 1 aromatic rings. The van der Waals surface area contributed by atoms with Gasteiger partial charge in [0.2, 0.25) is 0 Å². The van der Waals surface area contributed by atoms with Crippen LogP contribution >= 0.6 is 0 Å². The maximum atomic E-state index is 12.3. The van der Waals surface area contributed by atoms with Crippen LogP contribution in [0.15, 0.2) is 12.3 Å². The van der Waals surface area contributed by atoms with Gasteiger partial charge in [-0.05, 0) is 25.8 Å². The second-order valence-electron chi connectivity index (χ2n) is 4.21. The number of nitrogens with one attached hydrogen (secondary N) is 1. The van der Waals surface area contributed by atoms with Crippen molar-refractivity contribution < 1.29 is 13.2 Å². The first-order valence-corrected chi connectivity index (χ1v) is 5.32. The van der Waals surface area contributed by atoms with E-state index in [1.165, 1.54) is 23.7 Å². The van der Waals surface area contributed by atoms with Crippen LogP contribution in [-0.4, -0.2) is 22.4 Å². The molecule has 1 aliphatic rings. The van der Waals surface area contributed by atoms with Crippen LogP contribution < -0.4 is 5.32 Å². The second-order valence-corrected chi connectivity index (χ2v) is 4.21. The van der Waals surface area contributed by atoms with Gasteiger partial charge in [-0.2, -0.15) is 18.3 Å². The molecule has 1 saturated carbocycles. The maximum Gasteiger partial charge on any atom is 0.435 e. The van der Waals surface area contributed by atoms with Crippen LogP contribution in [0.5, 0.6) is 0 Å². The van der Waals surface area contributed by atoms with Gasteiger partial charge in [0.1, 0.15) is 0 Å². The highest BCUT2D eigenvalue weighted by Gasteiger charge is 2.33. The molecule has 16 heavy (non-hydrogen) atoms. The maximum absolute atomic E-state index is 12.3. The molecule has 2 rings (SSSR count). The Morgan fingerprint density at radius 3 is 2.75 bits per heavy atom. The van der Waals surface area contributed by atoms with Gasteiger partial charge in [0.25, 0.3) is 0 Å². The fourth-order valence-electron chi connectivity index (χ4n) is 1.45. The number of halogens is 3. The van der Waals surface area contributed by atoms with Gasteiger partial charge in [0, 0.05) is 18.8 Å². The predicted octanol–water partition coefficient (Wildman–Crippen LogP) is 2.21. The lowest BCUT2D eigenvalue weighted by molar-refractivity contribution is -0.141. The lowest BCUT2D eigenvalue weighted by atomic mass is 10.3. The molecule has 0 saturated heterocycles. The molecular formula is C10H14F3N3. The molecular weight excluding hydrogens is 219 g/mol. The standard InChI is InChI=1S/C10H14F3N3/c1-7(6-14-8-2-3-8)16-5-4-9(15-16)10(11,12)13/h4-5,7-8,14H,2-3,6H2,1H3. The van der Waals surface area contributed by atoms with Crippen molar-refractivity contribution >= 4 is 0 Å². The van der Waals surface area contributed by atoms with Crippen molar-refractivity contribution in [2.45, 2.75) is 38.0 Å². The number of rotatable bonds is 4. The highest BCUT2D eigenvalue weighted by molar-refractivity contribution is 5.03. The fraction of sp³-hybridized carbons (Fsp3) is 0.700. The van der Waals surface area contributed by atoms with Gasteiger partial charge >= 0.3 is 6.18 Å². The van der Waals surface area contributed by atoms with Crippen LogP contribution in [0.1, 0.15) is 31.5 Å². The monoisotopic (exact) mass is 233 g/mol. The number of alkyl halides is 3. The highest BCUT2D eigenvalue weighted by atomic mass is 19.4. The number of aromatic nitrogens is 2. The van der Waals surface area contributed by atoms with Crippen molar-refractivity contribution in [3.63, 3.8) is 0 Å². The first-order valence-electron chi connectivity index (χ1n) is 5.32. The molecule has 1 aliphatic carbocycles. The van der Waals surface area contributed by atoms with Gasteiger partial charge in [-0.3, -0.25) is 4.68 Å². The number of hydrogen-bond acceptors (Lipinski definition) is 2. The first kappa shape index (κ1) is 11.4. The summed E-state index contributed by atoms with van der Waals surface area (Å²) in [7, 11) is 0. The molecule has 1 aromatic heterocycles. The molecule has 1 N–H and O–H groups in total. The molecule has 6 heteroatoms. The molecule has 0 spiro atoms. The third-order valence-electron chi connectivity index (χ3n) is 2.63. The molecule has 3 nitrogen and oxygen atoms in total. The molecule has 0 aromatic carbocycles. The van der Waals surface area contributed by atoms with Crippen LogP contribution in [0.2, 0.25) is 0 Å². The van der Waals surface area contributed by atoms with Gasteiger partial charge in [-0.25, -0.2) is 0 Å². The summed E-state index contributed by atoms with van der Waals surface area (Å²) < 4.78 is 38.3. The average Bonchev–Trinajstić information content (AvgIpc) is 2.86. The zero-order valence-electron chi connectivity index (χ0n) is 8.96. The van der Waals surface area contributed by atoms with E-state index in [9.17, 15) is 13.2 Å². The highest BCUT2D eigenvalue weighted by Crippen LogP contribution is 2.27. The number of nitrogens with zero attached hydrogens (tertiary/aromatic N) is 2. The van der Waals surface area contributed by atoms with Crippen LogP contribution in [0.3, 0.4) is 0 Å². The van der Waals surface area contributed by atoms with E-state index >= 15 is 0 Å². The van der Waals surface area contributed by atoms with Gasteiger partial charge in [-0.1, -0.05) is 0 Å². The quantitative estimate of drug-likeness (QED) is 0.864. The van der Waals surface area contributed by atoms with Gasteiger partial charge in [0.05, 0.1) is 6.04 Å². The summed E-state index contributed by atoms with van der Waals surface area (Å²) in [5.74, 6) is 0. The van der Waals surface area contributed by atoms with E-state index in [1.807, 2.05) is 6.92 Å². The summed E-state index contributed by atoms with van der Waals surface area (Å²) in [6.07, 6.45) is -0.643. The smallest absolute Gasteiger partial charge is 0.312 e. The van der Waals surface area contributed by atoms with E-state index in [-0.39, 0.29) is 6.04 Å². The average molecular weight is 233 g/mol. The van der Waals surface area contributed by atoms with Crippen molar-refractivity contribution in [2.75, 3.05) is 6.54 Å². The molecule has 0 amide bonds. The molecule has 1 heterocycles. The fourth-order valence-corrected chi connectivity index (χ4v) is 1.45. The zero-order valence-corrected chi connectivity index (χ0v) is 8.96. The van der Waals surface area contributed by atoms with Gasteiger partial charge in [-0.15, -0.1) is 0 Å². The summed E-state index contributed by atoms with van der Waals surface area (Å²) in [4.78, 5) is 0. The van der Waals surface area contributed by atoms with Crippen LogP contribution in [0.4, 0.5) is 13.2 Å². The van der Waals surface area contributed by atoms with E-state index in [1.54, 1.807) is 0 Å². The first-order chi connectivity index (χ1) is 7.47. The SMILES string of the molecule is CC(CNC1CC1)n1ccc(C(F)(F)F)n1. The van der Waals surface area contributed by atoms with Crippen LogP contribution in [0, 0.1) is 0 Å². The molecule has 0 bridgehead atoms. The molecule has 1 atom stereocenters. The van der Waals surface area contributed by atoms with E-state index in [0.29, 0.717) is 12.6 Å². The van der Waals surface area contributed by atoms with Crippen LogP contribution in [0.25, 0.3) is 0 Å². The summed E-state index contributed by atoms with van der Waals surface area (Å²) >= 11 is 0. The Morgan fingerprint density at radius 2 is 2.25 bits per heavy atom. The minimum atomic E-state index is -4.35. The van der Waals surface area contributed by atoms with E-state index in [2.05, 4.69) is 10.4 Å². The minimum absolute atomic E-state index is 0.0586. The summed E-state index contributed by atoms with van der Waals surface area (Å²) in [5.41, 5.74) is -0.828. The summed E-state index contributed by atoms with van der Waals surface area (Å²) in [6, 6.07) is 1.50. The Kier molecular flexibility index (Phi) is 2.92. The molecule has 1 fully saturated rings. The predicted molar refractivity (Wildman–Crippen MR) is 53.0 cm³/mol. The lowest BCUT2D eigenvalue weighted by Crippen LogP contribution is -2.25. The topological polar surface area (TPSA) is 29.9 Å². The zero-order chi connectivity index (χ0) is 11.8. The molecule has 0 radical (unpaired) electrons. The van der Waals surface area contributed by atoms with Crippen molar-refractivity contribution in [2.24, 2.45) is 0 Å². The second kappa shape index (κ2) is 4.08. The summed E-state index contributed by atoms with van der Waals surface area (Å²) in [5, 5.41) is 6.79. The number of hydrogen-bond donors (Lipinski definition) is 1. The summed E-state index contributed by atoms with van der Waals surface area (Å²) in [6.45, 7) is 2.51. The van der Waals surface area contributed by atoms with Crippen molar-refractivity contribution in [1.29, 1.82) is 0 Å². The van der Waals surface area contributed by atoms with Crippen molar-refractivity contribution in [3.05, 3.63) is 18.0 Å². The van der Waals surface area contributed by atoms with Gasteiger partial charge in [0.15, 0.2) is 5.69 Å². The normalized spacial score (nSPS) is 18.8. The third kappa shape index (κ3) is 2.75. The van der Waals surface area contributed by atoms with Crippen molar-refractivity contribution in [3.8, 4) is 0 Å². The van der Waals surface area contributed by atoms with Gasteiger partial charge < -0.3 is 5.32 Å². The Labute approximate surface area is 91.6 Å². The Balaban J connectivity index is 1.94. The van der Waals surface area contributed by atoms with Crippen LogP contribution in [-0.2, 0) is 6.18 Å². The van der Waals surface area contributed by atoms with E-state index in [0.717, 1.165) is 6.07 Å². The molecule has 1 unspecified atom stereocenters. The molecule has 0 aliphatic heterocycles. The van der Waals surface area contributed by atoms with E-state index < -0.39 is 11.9 Å².